The van der Waals surface area contributed by atoms with Crippen LogP contribution in [-0.2, 0) is 0 Å². The summed E-state index contributed by atoms with van der Waals surface area (Å²) in [5.74, 6) is 0.839. The SMILES string of the molecule is Cc1cccc(NC(=O)Nc2ccon2)n1. The van der Waals surface area contributed by atoms with Gasteiger partial charge in [0.1, 0.15) is 12.1 Å². The molecule has 0 unspecified atom stereocenters. The first kappa shape index (κ1) is 10.2. The Morgan fingerprint density at radius 1 is 1.25 bits per heavy atom. The van der Waals surface area contributed by atoms with Crippen molar-refractivity contribution in [1.29, 1.82) is 0 Å². The molecule has 2 aromatic rings. The highest BCUT2D eigenvalue weighted by Crippen LogP contribution is 2.05. The third-order valence-electron chi connectivity index (χ3n) is 1.81. The number of nitrogens with zero attached hydrogens (tertiary/aromatic N) is 2. The minimum absolute atomic E-state index is 0.352. The maximum absolute atomic E-state index is 11.4. The molecule has 16 heavy (non-hydrogen) atoms. The van der Waals surface area contributed by atoms with Gasteiger partial charge < -0.3 is 4.52 Å². The molecule has 0 spiro atoms. The zero-order valence-electron chi connectivity index (χ0n) is 8.60. The molecule has 0 aromatic carbocycles. The van der Waals surface area contributed by atoms with E-state index in [9.17, 15) is 4.79 Å². The number of hydrogen-bond acceptors (Lipinski definition) is 4. The van der Waals surface area contributed by atoms with Crippen molar-refractivity contribution in [2.45, 2.75) is 6.92 Å². The van der Waals surface area contributed by atoms with Crippen molar-refractivity contribution >= 4 is 17.7 Å². The first-order valence-electron chi connectivity index (χ1n) is 4.66. The quantitative estimate of drug-likeness (QED) is 0.808. The molecule has 0 aliphatic carbocycles. The highest BCUT2D eigenvalue weighted by molar-refractivity contribution is 5.98. The van der Waals surface area contributed by atoms with Crippen molar-refractivity contribution in [2.24, 2.45) is 0 Å². The molecule has 0 aliphatic heterocycles. The summed E-state index contributed by atoms with van der Waals surface area (Å²) < 4.78 is 4.58. The molecular weight excluding hydrogens is 208 g/mol. The molecule has 0 radical (unpaired) electrons. The minimum Gasteiger partial charge on any atom is -0.363 e. The summed E-state index contributed by atoms with van der Waals surface area (Å²) >= 11 is 0. The molecule has 2 aromatic heterocycles. The topological polar surface area (TPSA) is 80.0 Å². The van der Waals surface area contributed by atoms with E-state index in [2.05, 4.69) is 25.3 Å². The Kier molecular flexibility index (Phi) is 2.81. The number of carbonyl (C=O) groups excluding carboxylic acids is 1. The smallest absolute Gasteiger partial charge is 0.326 e. The minimum atomic E-state index is -0.410. The number of nitrogens with one attached hydrogen (secondary N) is 2. The molecule has 0 atom stereocenters. The molecule has 0 bridgehead atoms. The lowest BCUT2D eigenvalue weighted by molar-refractivity contribution is 0.262. The van der Waals surface area contributed by atoms with E-state index in [1.807, 2.05) is 19.1 Å². The Hall–Kier alpha value is -2.37. The van der Waals surface area contributed by atoms with Gasteiger partial charge in [0.15, 0.2) is 5.82 Å². The fraction of sp³-hybridized carbons (Fsp3) is 0.100. The third kappa shape index (κ3) is 2.57. The highest BCUT2D eigenvalue weighted by Gasteiger charge is 2.04. The summed E-state index contributed by atoms with van der Waals surface area (Å²) in [6.45, 7) is 1.85. The van der Waals surface area contributed by atoms with Gasteiger partial charge in [-0.2, -0.15) is 0 Å². The first-order valence-corrected chi connectivity index (χ1v) is 4.66. The van der Waals surface area contributed by atoms with Crippen molar-refractivity contribution in [3.05, 3.63) is 36.2 Å². The van der Waals surface area contributed by atoms with Crippen LogP contribution >= 0.6 is 0 Å². The number of hydrogen-bond donors (Lipinski definition) is 2. The van der Waals surface area contributed by atoms with Crippen molar-refractivity contribution in [3.8, 4) is 0 Å². The molecule has 0 saturated carbocycles. The number of urea groups is 1. The summed E-state index contributed by atoms with van der Waals surface area (Å²) in [4.78, 5) is 15.6. The molecule has 2 heterocycles. The van der Waals surface area contributed by atoms with Crippen LogP contribution in [0.4, 0.5) is 16.4 Å². The van der Waals surface area contributed by atoms with Crippen molar-refractivity contribution in [2.75, 3.05) is 10.6 Å². The fourth-order valence-electron chi connectivity index (χ4n) is 1.15. The average molecular weight is 218 g/mol. The van der Waals surface area contributed by atoms with Crippen LogP contribution < -0.4 is 10.6 Å². The predicted molar refractivity (Wildman–Crippen MR) is 58.1 cm³/mol. The van der Waals surface area contributed by atoms with Crippen LogP contribution in [0.3, 0.4) is 0 Å². The van der Waals surface area contributed by atoms with Gasteiger partial charge in [0.05, 0.1) is 0 Å². The maximum Gasteiger partial charge on any atom is 0.326 e. The second-order valence-electron chi connectivity index (χ2n) is 3.13. The summed E-state index contributed by atoms with van der Waals surface area (Å²) in [7, 11) is 0. The van der Waals surface area contributed by atoms with Crippen LogP contribution in [0, 0.1) is 6.92 Å². The van der Waals surface area contributed by atoms with E-state index >= 15 is 0 Å². The Labute approximate surface area is 91.7 Å². The third-order valence-corrected chi connectivity index (χ3v) is 1.81. The summed E-state index contributed by atoms with van der Waals surface area (Å²) in [5, 5.41) is 8.62. The predicted octanol–water partition coefficient (Wildman–Crippen LogP) is 2.02. The van der Waals surface area contributed by atoms with Crippen LogP contribution in [-0.4, -0.2) is 16.2 Å². The van der Waals surface area contributed by atoms with Crippen LogP contribution in [0.2, 0.25) is 0 Å². The normalized spacial score (nSPS) is 9.81. The van der Waals surface area contributed by atoms with Gasteiger partial charge in [0.25, 0.3) is 0 Å². The Morgan fingerprint density at radius 2 is 2.06 bits per heavy atom. The van der Waals surface area contributed by atoms with Crippen LogP contribution in [0.1, 0.15) is 5.69 Å². The van der Waals surface area contributed by atoms with Crippen LogP contribution in [0.15, 0.2) is 35.1 Å². The number of rotatable bonds is 2. The van der Waals surface area contributed by atoms with Crippen LogP contribution in [0.25, 0.3) is 0 Å². The lowest BCUT2D eigenvalue weighted by Gasteiger charge is -2.04. The van der Waals surface area contributed by atoms with Gasteiger partial charge in [-0.15, -0.1) is 0 Å². The van der Waals surface area contributed by atoms with Gasteiger partial charge in [-0.05, 0) is 19.1 Å². The largest absolute Gasteiger partial charge is 0.363 e. The number of carbonyl (C=O) groups is 1. The van der Waals surface area contributed by atoms with E-state index in [-0.39, 0.29) is 0 Å². The molecule has 6 nitrogen and oxygen atoms in total. The van der Waals surface area contributed by atoms with Crippen molar-refractivity contribution in [3.63, 3.8) is 0 Å². The van der Waals surface area contributed by atoms with Gasteiger partial charge in [-0.25, -0.2) is 9.78 Å². The zero-order valence-corrected chi connectivity index (χ0v) is 8.60. The van der Waals surface area contributed by atoms with Gasteiger partial charge in [-0.1, -0.05) is 11.2 Å². The lowest BCUT2D eigenvalue weighted by atomic mass is 10.4. The van der Waals surface area contributed by atoms with E-state index in [0.717, 1.165) is 5.69 Å². The van der Waals surface area contributed by atoms with E-state index in [4.69, 9.17) is 0 Å². The fourth-order valence-corrected chi connectivity index (χ4v) is 1.15. The summed E-state index contributed by atoms with van der Waals surface area (Å²) in [6, 6.07) is 6.50. The second kappa shape index (κ2) is 4.43. The van der Waals surface area contributed by atoms with E-state index in [1.54, 1.807) is 12.1 Å². The number of aryl methyl sites for hydroxylation is 1. The van der Waals surface area contributed by atoms with Gasteiger partial charge in [-0.3, -0.25) is 10.6 Å². The van der Waals surface area contributed by atoms with Crippen molar-refractivity contribution < 1.29 is 9.32 Å². The van der Waals surface area contributed by atoms with E-state index < -0.39 is 6.03 Å². The average Bonchev–Trinajstić information content (AvgIpc) is 2.70. The highest BCUT2D eigenvalue weighted by atomic mass is 16.5. The van der Waals surface area contributed by atoms with Crippen LogP contribution in [0.5, 0.6) is 0 Å². The molecule has 6 heteroatoms. The molecule has 2 amide bonds. The Bertz CT molecular complexity index is 481. The Morgan fingerprint density at radius 3 is 2.75 bits per heavy atom. The number of aromatic nitrogens is 2. The van der Waals surface area contributed by atoms with E-state index in [0.29, 0.717) is 11.6 Å². The summed E-state index contributed by atoms with van der Waals surface area (Å²) in [5.41, 5.74) is 0.833. The molecule has 82 valence electrons. The lowest BCUT2D eigenvalue weighted by Crippen LogP contribution is -2.20. The van der Waals surface area contributed by atoms with Gasteiger partial charge in [0, 0.05) is 11.8 Å². The molecule has 0 fully saturated rings. The number of pyridine rings is 1. The maximum atomic E-state index is 11.4. The second-order valence-corrected chi connectivity index (χ2v) is 3.13. The zero-order chi connectivity index (χ0) is 11.4. The Balaban J connectivity index is 1.97. The van der Waals surface area contributed by atoms with Gasteiger partial charge >= 0.3 is 6.03 Å². The molecular formula is C10H10N4O2. The number of amides is 2. The molecule has 2 rings (SSSR count). The summed E-state index contributed by atoms with van der Waals surface area (Å²) in [6.07, 6.45) is 1.38. The standard InChI is InChI=1S/C10H10N4O2/c1-7-3-2-4-8(11-7)12-10(15)13-9-5-6-16-14-9/h2-6H,1H3,(H2,11,12,13,14,15). The van der Waals surface area contributed by atoms with Crippen molar-refractivity contribution in [1.82, 2.24) is 10.1 Å². The van der Waals surface area contributed by atoms with E-state index in [1.165, 1.54) is 6.26 Å². The monoisotopic (exact) mass is 218 g/mol. The molecule has 2 N–H and O–H groups in total. The van der Waals surface area contributed by atoms with Gasteiger partial charge in [0.2, 0.25) is 0 Å². The number of anilines is 2. The first-order chi connectivity index (χ1) is 7.74. The molecule has 0 saturated heterocycles. The molecule has 0 aliphatic rings.